The van der Waals surface area contributed by atoms with Crippen molar-refractivity contribution in [2.45, 2.75) is 78.6 Å². The van der Waals surface area contributed by atoms with Crippen LogP contribution in [0.5, 0.6) is 0 Å². The molecule has 1 N–H and O–H groups in total. The van der Waals surface area contributed by atoms with Gasteiger partial charge in [-0.05, 0) is 66.0 Å². The molecule has 0 spiro atoms. The lowest BCUT2D eigenvalue weighted by atomic mass is 10.1. The van der Waals surface area contributed by atoms with Crippen LogP contribution >= 0.6 is 0 Å². The lowest BCUT2D eigenvalue weighted by Crippen LogP contribution is -2.49. The Morgan fingerprint density at radius 1 is 1.17 bits per heavy atom. The van der Waals surface area contributed by atoms with Crippen LogP contribution in [0, 0.1) is 11.6 Å². The van der Waals surface area contributed by atoms with Gasteiger partial charge in [-0.1, -0.05) is 17.7 Å². The van der Waals surface area contributed by atoms with Crippen molar-refractivity contribution in [3.8, 4) is 0 Å². The van der Waals surface area contributed by atoms with Crippen molar-refractivity contribution in [3.63, 3.8) is 0 Å². The first-order chi connectivity index (χ1) is 19.3. The number of anilines is 1. The van der Waals surface area contributed by atoms with Crippen LogP contribution in [-0.2, 0) is 31.3 Å². The summed E-state index contributed by atoms with van der Waals surface area (Å²) in [5.74, 6) is -0.962. The van der Waals surface area contributed by atoms with Crippen LogP contribution in [0.3, 0.4) is 0 Å². The quantitative estimate of drug-likeness (QED) is 0.431. The largest absolute Gasteiger partial charge is 0.444 e. The second-order valence-corrected chi connectivity index (χ2v) is 11.7. The van der Waals surface area contributed by atoms with E-state index in [0.29, 0.717) is 25.6 Å². The molecule has 3 heterocycles. The Labute approximate surface area is 237 Å². The molecule has 2 aromatic heterocycles. The first kappa shape index (κ1) is 30.0. The topological polar surface area (TPSA) is 103 Å². The molecule has 1 fully saturated rings. The van der Waals surface area contributed by atoms with Gasteiger partial charge in [0.2, 0.25) is 5.95 Å². The zero-order valence-electron chi connectivity index (χ0n) is 24.5. The minimum absolute atomic E-state index is 0.168. The first-order valence-electron chi connectivity index (χ1n) is 13.8. The monoisotopic (exact) mass is 572 g/mol. The van der Waals surface area contributed by atoms with Gasteiger partial charge in [0.05, 0.1) is 0 Å². The van der Waals surface area contributed by atoms with Gasteiger partial charge >= 0.3 is 11.8 Å². The maximum atomic E-state index is 14.3. The molecule has 0 bridgehead atoms. The fraction of sp³-hybridized carbons (Fsp3) is 0.517. The molecule has 3 aromatic rings. The van der Waals surface area contributed by atoms with Gasteiger partial charge < -0.3 is 19.5 Å². The fourth-order valence-electron chi connectivity index (χ4n) is 4.99. The molecule has 1 aliphatic heterocycles. The fourth-order valence-corrected chi connectivity index (χ4v) is 4.99. The Morgan fingerprint density at radius 2 is 1.85 bits per heavy atom. The van der Waals surface area contributed by atoms with E-state index in [4.69, 9.17) is 9.72 Å². The highest BCUT2D eigenvalue weighted by atomic mass is 19.1. The SMILES string of the molecule is CC(C)=CCn1c(N2CCCC(NC(=O)OC(C)(C)C)C2)nc2c1c(=O)n(CCc1c(F)cccc1F)c(=O)n2C. The van der Waals surface area contributed by atoms with E-state index in [-0.39, 0.29) is 35.7 Å². The normalized spacial score (nSPS) is 15.7. The van der Waals surface area contributed by atoms with E-state index in [9.17, 15) is 23.2 Å². The lowest BCUT2D eigenvalue weighted by molar-refractivity contribution is 0.0499. The van der Waals surface area contributed by atoms with E-state index in [2.05, 4.69) is 5.32 Å². The molecule has 1 aromatic carbocycles. The van der Waals surface area contributed by atoms with Gasteiger partial charge in [0, 0.05) is 44.8 Å². The van der Waals surface area contributed by atoms with Crippen molar-refractivity contribution in [1.82, 2.24) is 24.0 Å². The number of nitrogens with one attached hydrogen (secondary N) is 1. The summed E-state index contributed by atoms with van der Waals surface area (Å²) in [4.78, 5) is 46.2. The number of rotatable bonds is 7. The molecule has 1 unspecified atom stereocenters. The van der Waals surface area contributed by atoms with E-state index < -0.39 is 34.6 Å². The number of fused-ring (bicyclic) bond motifs is 1. The summed E-state index contributed by atoms with van der Waals surface area (Å²) in [5.41, 5.74) is -0.553. The first-order valence-corrected chi connectivity index (χ1v) is 13.8. The van der Waals surface area contributed by atoms with E-state index in [0.717, 1.165) is 35.1 Å². The van der Waals surface area contributed by atoms with Gasteiger partial charge in [0.25, 0.3) is 5.56 Å². The molecule has 0 saturated carbocycles. The summed E-state index contributed by atoms with van der Waals surface area (Å²) in [7, 11) is 1.52. The van der Waals surface area contributed by atoms with Crippen LogP contribution in [0.1, 0.15) is 53.0 Å². The summed E-state index contributed by atoms with van der Waals surface area (Å²) in [6.07, 6.45) is 2.80. The number of hydrogen-bond donors (Lipinski definition) is 1. The third-order valence-corrected chi connectivity index (χ3v) is 6.97. The van der Waals surface area contributed by atoms with E-state index in [1.807, 2.05) is 24.8 Å². The van der Waals surface area contributed by atoms with Crippen molar-refractivity contribution in [2.75, 3.05) is 18.0 Å². The van der Waals surface area contributed by atoms with Crippen molar-refractivity contribution >= 4 is 23.2 Å². The average Bonchev–Trinajstić information content (AvgIpc) is 3.26. The van der Waals surface area contributed by atoms with Crippen molar-refractivity contribution in [1.29, 1.82) is 0 Å². The van der Waals surface area contributed by atoms with Gasteiger partial charge in [0.1, 0.15) is 17.2 Å². The average molecular weight is 573 g/mol. The Kier molecular flexibility index (Phi) is 8.69. The highest BCUT2D eigenvalue weighted by molar-refractivity contribution is 5.75. The smallest absolute Gasteiger partial charge is 0.407 e. The minimum Gasteiger partial charge on any atom is -0.444 e. The molecule has 1 atom stereocenters. The number of piperidine rings is 1. The summed E-state index contributed by atoms with van der Waals surface area (Å²) in [5, 5.41) is 2.93. The number of nitrogens with zero attached hydrogens (tertiary/aromatic N) is 5. The van der Waals surface area contributed by atoms with Gasteiger partial charge in [-0.15, -0.1) is 0 Å². The molecule has 41 heavy (non-hydrogen) atoms. The Hall–Kier alpha value is -3.96. The zero-order valence-corrected chi connectivity index (χ0v) is 24.5. The Balaban J connectivity index is 1.74. The molecule has 1 amide bonds. The van der Waals surface area contributed by atoms with Crippen LogP contribution in [0.25, 0.3) is 11.2 Å². The number of halogens is 2. The van der Waals surface area contributed by atoms with Crippen LogP contribution < -0.4 is 21.5 Å². The number of hydrogen-bond acceptors (Lipinski definition) is 6. The molecule has 222 valence electrons. The number of aromatic nitrogens is 4. The second kappa shape index (κ2) is 11.9. The number of amides is 1. The van der Waals surface area contributed by atoms with Crippen LogP contribution in [0.2, 0.25) is 0 Å². The number of carbonyl (C=O) groups is 1. The third-order valence-electron chi connectivity index (χ3n) is 6.97. The predicted molar refractivity (Wildman–Crippen MR) is 153 cm³/mol. The van der Waals surface area contributed by atoms with Crippen LogP contribution in [0.4, 0.5) is 19.5 Å². The minimum atomic E-state index is -0.730. The van der Waals surface area contributed by atoms with Crippen LogP contribution in [0.15, 0.2) is 39.4 Å². The molecule has 12 heteroatoms. The van der Waals surface area contributed by atoms with Gasteiger partial charge in [-0.25, -0.2) is 18.4 Å². The van der Waals surface area contributed by atoms with Crippen molar-refractivity contribution < 1.29 is 18.3 Å². The predicted octanol–water partition coefficient (Wildman–Crippen LogP) is 3.88. The van der Waals surface area contributed by atoms with E-state index >= 15 is 0 Å². The second-order valence-electron chi connectivity index (χ2n) is 11.7. The molecule has 4 rings (SSSR count). The Morgan fingerprint density at radius 3 is 2.49 bits per heavy atom. The molecule has 1 aliphatic rings. The van der Waals surface area contributed by atoms with Crippen LogP contribution in [-0.4, -0.2) is 49.5 Å². The number of carbonyl (C=O) groups excluding carboxylic acids is 1. The molecule has 0 radical (unpaired) electrons. The summed E-state index contributed by atoms with van der Waals surface area (Å²) >= 11 is 0. The van der Waals surface area contributed by atoms with Gasteiger partial charge in [-0.2, -0.15) is 4.98 Å². The van der Waals surface area contributed by atoms with Crippen molar-refractivity contribution in [3.05, 3.63) is 67.9 Å². The van der Waals surface area contributed by atoms with Crippen molar-refractivity contribution in [2.24, 2.45) is 7.05 Å². The Bertz CT molecular complexity index is 1570. The summed E-state index contributed by atoms with van der Waals surface area (Å²) in [6, 6.07) is 3.36. The third kappa shape index (κ3) is 6.68. The standard InChI is InChI=1S/C29H38F2N6O4/c1-18(2)12-15-36-23-24(33-26(36)35-14-8-9-19(17-35)32-27(39)41-29(3,4)5)34(6)28(40)37(25(23)38)16-13-20-21(30)10-7-11-22(20)31/h7,10-12,19H,8-9,13-17H2,1-6H3,(H,32,39). The molecular formula is C29H38F2N6O4. The number of alkyl carbamates (subject to hydrolysis) is 1. The number of aryl methyl sites for hydroxylation is 1. The summed E-state index contributed by atoms with van der Waals surface area (Å²) in [6.45, 7) is 10.5. The van der Waals surface area contributed by atoms with Gasteiger partial charge in [0.15, 0.2) is 11.2 Å². The molecule has 0 aliphatic carbocycles. The summed E-state index contributed by atoms with van der Waals surface area (Å²) < 4.78 is 38.0. The van der Waals surface area contributed by atoms with Gasteiger partial charge in [-0.3, -0.25) is 13.9 Å². The highest BCUT2D eigenvalue weighted by Gasteiger charge is 2.29. The number of imidazole rings is 1. The molecule has 1 saturated heterocycles. The highest BCUT2D eigenvalue weighted by Crippen LogP contribution is 2.24. The number of allylic oxidation sites excluding steroid dienone is 2. The lowest BCUT2D eigenvalue weighted by Gasteiger charge is -2.34. The maximum absolute atomic E-state index is 14.3. The number of benzene rings is 1. The van der Waals surface area contributed by atoms with E-state index in [1.165, 1.54) is 17.7 Å². The molecular weight excluding hydrogens is 534 g/mol. The molecule has 10 nitrogen and oxygen atoms in total. The van der Waals surface area contributed by atoms with E-state index in [1.54, 1.807) is 25.3 Å². The number of ether oxygens (including phenoxy) is 1. The zero-order chi connectivity index (χ0) is 30.1. The maximum Gasteiger partial charge on any atom is 0.407 e.